The number of nitrogens with one attached hydrogen (secondary N) is 2. The number of nitrogen functional groups attached to an aromatic ring is 1. The third-order valence-corrected chi connectivity index (χ3v) is 2.14. The Morgan fingerprint density at radius 1 is 1.44 bits per heavy atom. The molecular weight excluding hydrogens is 204 g/mol. The number of para-hydroxylation sites is 1. The second kappa shape index (κ2) is 4.06. The van der Waals surface area contributed by atoms with Crippen molar-refractivity contribution in [2.24, 2.45) is 0 Å². The van der Waals surface area contributed by atoms with Gasteiger partial charge in [-0.05, 0) is 19.1 Å². The highest BCUT2D eigenvalue weighted by Gasteiger charge is 2.10. The lowest BCUT2D eigenvalue weighted by molar-refractivity contribution is 0.102. The molecule has 1 amide bonds. The third kappa shape index (κ3) is 2.03. The van der Waals surface area contributed by atoms with E-state index in [0.717, 1.165) is 5.69 Å². The normalized spacial score (nSPS) is 10.1. The molecule has 1 aromatic heterocycles. The number of imidazole rings is 1. The number of H-pyrrole nitrogens is 1. The van der Waals surface area contributed by atoms with Crippen molar-refractivity contribution in [2.75, 3.05) is 11.1 Å². The smallest absolute Gasteiger partial charge is 0.260 e. The Morgan fingerprint density at radius 3 is 2.81 bits per heavy atom. The minimum absolute atomic E-state index is 0.271. The third-order valence-electron chi connectivity index (χ3n) is 2.14. The van der Waals surface area contributed by atoms with E-state index in [2.05, 4.69) is 15.3 Å². The molecule has 5 heteroatoms. The summed E-state index contributed by atoms with van der Waals surface area (Å²) in [5, 5.41) is 2.63. The van der Waals surface area contributed by atoms with Crippen molar-refractivity contribution in [2.45, 2.75) is 6.92 Å². The molecule has 1 aromatic carbocycles. The maximum atomic E-state index is 11.8. The molecule has 0 saturated carbocycles. The van der Waals surface area contributed by atoms with Crippen molar-refractivity contribution in [3.8, 4) is 0 Å². The van der Waals surface area contributed by atoms with Gasteiger partial charge in [0.1, 0.15) is 0 Å². The molecule has 16 heavy (non-hydrogen) atoms. The van der Waals surface area contributed by atoms with Gasteiger partial charge in [-0.2, -0.15) is 0 Å². The molecule has 0 atom stereocenters. The minimum atomic E-state index is -0.271. The number of aromatic nitrogens is 2. The molecule has 2 aromatic rings. The number of carbonyl (C=O) groups is 1. The maximum Gasteiger partial charge on any atom is 0.260 e. The average Bonchev–Trinajstić information content (AvgIpc) is 2.64. The highest BCUT2D eigenvalue weighted by atomic mass is 16.1. The first-order valence-electron chi connectivity index (χ1n) is 4.84. The van der Waals surface area contributed by atoms with Gasteiger partial charge in [0.05, 0.1) is 5.56 Å². The van der Waals surface area contributed by atoms with Gasteiger partial charge in [-0.25, -0.2) is 4.98 Å². The Bertz CT molecular complexity index is 518. The van der Waals surface area contributed by atoms with Crippen molar-refractivity contribution in [1.29, 1.82) is 0 Å². The molecule has 4 N–H and O–H groups in total. The number of amides is 1. The highest BCUT2D eigenvalue weighted by molar-refractivity contribution is 6.06. The van der Waals surface area contributed by atoms with Gasteiger partial charge in [0.25, 0.3) is 5.91 Å². The zero-order valence-corrected chi connectivity index (χ0v) is 8.82. The summed E-state index contributed by atoms with van der Waals surface area (Å²) in [7, 11) is 0. The number of rotatable bonds is 2. The second-order valence-corrected chi connectivity index (χ2v) is 3.46. The summed E-state index contributed by atoms with van der Waals surface area (Å²) >= 11 is 0. The van der Waals surface area contributed by atoms with Crippen LogP contribution in [0.3, 0.4) is 0 Å². The van der Waals surface area contributed by atoms with Crippen molar-refractivity contribution in [3.05, 3.63) is 41.7 Å². The van der Waals surface area contributed by atoms with Gasteiger partial charge < -0.3 is 10.7 Å². The van der Waals surface area contributed by atoms with Crippen LogP contribution >= 0.6 is 0 Å². The second-order valence-electron chi connectivity index (χ2n) is 3.46. The number of benzene rings is 1. The molecule has 0 bridgehead atoms. The molecule has 1 heterocycles. The van der Waals surface area contributed by atoms with Crippen LogP contribution < -0.4 is 11.1 Å². The fourth-order valence-electron chi connectivity index (χ4n) is 1.35. The monoisotopic (exact) mass is 216 g/mol. The van der Waals surface area contributed by atoms with Gasteiger partial charge in [-0.1, -0.05) is 12.1 Å². The van der Waals surface area contributed by atoms with E-state index < -0.39 is 0 Å². The standard InChI is InChI=1S/C11H12N4O/c1-7-6-13-11(14-7)15-10(16)8-4-2-3-5-9(8)12/h2-6H,12H2,1H3,(H2,13,14,15,16). The van der Waals surface area contributed by atoms with Crippen molar-refractivity contribution >= 4 is 17.5 Å². The van der Waals surface area contributed by atoms with Crippen molar-refractivity contribution < 1.29 is 4.79 Å². The predicted octanol–water partition coefficient (Wildman–Crippen LogP) is 1.55. The lowest BCUT2D eigenvalue weighted by Crippen LogP contribution is -2.14. The van der Waals surface area contributed by atoms with E-state index in [1.54, 1.807) is 30.5 Å². The lowest BCUT2D eigenvalue weighted by atomic mass is 10.2. The van der Waals surface area contributed by atoms with Crippen LogP contribution in [-0.4, -0.2) is 15.9 Å². The number of anilines is 2. The minimum Gasteiger partial charge on any atom is -0.398 e. The van der Waals surface area contributed by atoms with Crippen molar-refractivity contribution in [1.82, 2.24) is 9.97 Å². The van der Waals surface area contributed by atoms with Gasteiger partial charge >= 0.3 is 0 Å². The van der Waals surface area contributed by atoms with E-state index in [9.17, 15) is 4.79 Å². The fraction of sp³-hybridized carbons (Fsp3) is 0.0909. The SMILES string of the molecule is Cc1cnc(NC(=O)c2ccccc2N)[nH]1. The number of aryl methyl sites for hydroxylation is 1. The molecule has 0 saturated heterocycles. The number of hydrogen-bond acceptors (Lipinski definition) is 3. The first-order chi connectivity index (χ1) is 7.66. The molecule has 0 aliphatic carbocycles. The van der Waals surface area contributed by atoms with E-state index in [1.807, 2.05) is 6.92 Å². The van der Waals surface area contributed by atoms with Gasteiger partial charge in [-0.3, -0.25) is 10.1 Å². The van der Waals surface area contributed by atoms with Crippen LogP contribution in [0.2, 0.25) is 0 Å². The van der Waals surface area contributed by atoms with Crippen LogP contribution in [0.1, 0.15) is 16.1 Å². The summed E-state index contributed by atoms with van der Waals surface area (Å²) in [6, 6.07) is 6.89. The number of nitrogens with zero attached hydrogens (tertiary/aromatic N) is 1. The molecule has 0 spiro atoms. The van der Waals surface area contributed by atoms with Gasteiger partial charge in [0.15, 0.2) is 0 Å². The molecule has 0 unspecified atom stereocenters. The van der Waals surface area contributed by atoms with E-state index in [0.29, 0.717) is 17.2 Å². The van der Waals surface area contributed by atoms with Crippen LogP contribution in [0.25, 0.3) is 0 Å². The largest absolute Gasteiger partial charge is 0.398 e. The topological polar surface area (TPSA) is 83.8 Å². The molecule has 0 radical (unpaired) electrons. The van der Waals surface area contributed by atoms with Crippen LogP contribution in [0.4, 0.5) is 11.6 Å². The Morgan fingerprint density at radius 2 is 2.19 bits per heavy atom. The Hall–Kier alpha value is -2.30. The summed E-state index contributed by atoms with van der Waals surface area (Å²) in [4.78, 5) is 18.7. The van der Waals surface area contributed by atoms with Crippen LogP contribution in [-0.2, 0) is 0 Å². The Kier molecular flexibility index (Phi) is 2.59. The molecule has 82 valence electrons. The highest BCUT2D eigenvalue weighted by Crippen LogP contribution is 2.12. The maximum absolute atomic E-state index is 11.8. The number of aromatic amines is 1. The van der Waals surface area contributed by atoms with Crippen LogP contribution in [0.5, 0.6) is 0 Å². The van der Waals surface area contributed by atoms with Crippen molar-refractivity contribution in [3.63, 3.8) is 0 Å². The zero-order valence-electron chi connectivity index (χ0n) is 8.82. The quantitative estimate of drug-likeness (QED) is 0.666. The van der Waals surface area contributed by atoms with E-state index in [-0.39, 0.29) is 5.91 Å². The predicted molar refractivity (Wildman–Crippen MR) is 62.1 cm³/mol. The summed E-state index contributed by atoms with van der Waals surface area (Å²) < 4.78 is 0. The molecule has 0 aliphatic heterocycles. The molecule has 0 fully saturated rings. The van der Waals surface area contributed by atoms with Crippen LogP contribution in [0, 0.1) is 6.92 Å². The van der Waals surface area contributed by atoms with E-state index >= 15 is 0 Å². The first-order valence-corrected chi connectivity index (χ1v) is 4.84. The molecular formula is C11H12N4O. The Balaban J connectivity index is 2.18. The van der Waals surface area contributed by atoms with E-state index in [4.69, 9.17) is 5.73 Å². The molecule has 5 nitrogen and oxygen atoms in total. The van der Waals surface area contributed by atoms with Gasteiger partial charge in [0, 0.05) is 17.6 Å². The fourth-order valence-corrected chi connectivity index (χ4v) is 1.35. The number of hydrogen-bond donors (Lipinski definition) is 3. The average molecular weight is 216 g/mol. The number of carbonyl (C=O) groups excluding carboxylic acids is 1. The lowest BCUT2D eigenvalue weighted by Gasteiger charge is -2.04. The molecule has 0 aliphatic rings. The van der Waals surface area contributed by atoms with Crippen LogP contribution in [0.15, 0.2) is 30.5 Å². The molecule has 2 rings (SSSR count). The zero-order chi connectivity index (χ0) is 11.5. The summed E-state index contributed by atoms with van der Waals surface area (Å²) in [5.41, 5.74) is 7.46. The van der Waals surface area contributed by atoms with E-state index in [1.165, 1.54) is 0 Å². The van der Waals surface area contributed by atoms with Gasteiger partial charge in [0.2, 0.25) is 5.95 Å². The summed E-state index contributed by atoms with van der Waals surface area (Å²) in [6.45, 7) is 1.86. The summed E-state index contributed by atoms with van der Waals surface area (Å²) in [6.07, 6.45) is 1.64. The first kappa shape index (κ1) is 10.2. The Labute approximate surface area is 92.7 Å². The summed E-state index contributed by atoms with van der Waals surface area (Å²) in [5.74, 6) is 0.151. The van der Waals surface area contributed by atoms with Gasteiger partial charge in [-0.15, -0.1) is 0 Å². The number of nitrogens with two attached hydrogens (primary N) is 1.